The van der Waals surface area contributed by atoms with E-state index in [0.29, 0.717) is 42.0 Å². The smallest absolute Gasteiger partial charge is 0.379 e. The molecule has 0 atom stereocenters. The van der Waals surface area contributed by atoms with Gasteiger partial charge in [0.15, 0.2) is 0 Å². The number of nitrogens with zero attached hydrogens (tertiary/aromatic N) is 3. The number of morpholine rings is 1. The van der Waals surface area contributed by atoms with Crippen molar-refractivity contribution in [2.75, 3.05) is 50.0 Å². The molecule has 0 amide bonds. The van der Waals surface area contributed by atoms with Crippen molar-refractivity contribution in [1.29, 1.82) is 0 Å². The van der Waals surface area contributed by atoms with Gasteiger partial charge in [0.05, 0.1) is 23.3 Å². The molecule has 152 valence electrons. The molecule has 11 heteroatoms. The maximum atomic E-state index is 13.3. The second-order valence-corrected chi connectivity index (χ2v) is 6.90. The molecule has 0 saturated carbocycles. The predicted molar refractivity (Wildman–Crippen MR) is 103 cm³/mol. The zero-order valence-electron chi connectivity index (χ0n) is 14.7. The van der Waals surface area contributed by atoms with E-state index in [1.54, 1.807) is 12.1 Å². The van der Waals surface area contributed by atoms with Gasteiger partial charge in [0.25, 0.3) is 0 Å². The normalized spacial score (nSPS) is 15.5. The molecule has 1 aliphatic rings. The number of aromatic nitrogens is 2. The lowest BCUT2D eigenvalue weighted by molar-refractivity contribution is -0.137. The monoisotopic (exact) mass is 435 g/mol. The molecule has 0 unspecified atom stereocenters. The Labute approximate surface area is 170 Å². The third kappa shape index (κ3) is 5.60. The molecule has 2 N–H and O–H groups in total. The van der Waals surface area contributed by atoms with Crippen LogP contribution < -0.4 is 10.6 Å². The van der Waals surface area contributed by atoms with Gasteiger partial charge in [-0.3, -0.25) is 4.90 Å². The van der Waals surface area contributed by atoms with E-state index in [2.05, 4.69) is 25.5 Å². The number of nitrogens with one attached hydrogen (secondary N) is 2. The molecular formula is C17H18Cl2F3N5O. The maximum Gasteiger partial charge on any atom is 0.421 e. The van der Waals surface area contributed by atoms with Crippen molar-refractivity contribution >= 4 is 40.7 Å². The van der Waals surface area contributed by atoms with Crippen LogP contribution in [0.5, 0.6) is 0 Å². The molecule has 2 heterocycles. The second kappa shape index (κ2) is 9.13. The van der Waals surface area contributed by atoms with Crippen LogP contribution in [0.1, 0.15) is 5.56 Å². The molecule has 0 bridgehead atoms. The molecule has 0 radical (unpaired) electrons. The van der Waals surface area contributed by atoms with E-state index >= 15 is 0 Å². The van der Waals surface area contributed by atoms with E-state index in [9.17, 15) is 13.2 Å². The van der Waals surface area contributed by atoms with Crippen molar-refractivity contribution in [2.45, 2.75) is 6.18 Å². The van der Waals surface area contributed by atoms with Crippen LogP contribution >= 0.6 is 23.2 Å². The number of rotatable bonds is 6. The van der Waals surface area contributed by atoms with Crippen LogP contribution in [0.15, 0.2) is 24.4 Å². The van der Waals surface area contributed by atoms with Crippen molar-refractivity contribution in [2.24, 2.45) is 0 Å². The Kier molecular flexibility index (Phi) is 6.82. The summed E-state index contributed by atoms with van der Waals surface area (Å²) >= 11 is 11.8. The fraction of sp³-hybridized carbons (Fsp3) is 0.412. The second-order valence-electron chi connectivity index (χ2n) is 6.09. The number of halogens is 5. The summed E-state index contributed by atoms with van der Waals surface area (Å²) in [5.74, 6) is -0.265. The van der Waals surface area contributed by atoms with E-state index in [4.69, 9.17) is 27.9 Å². The van der Waals surface area contributed by atoms with Gasteiger partial charge in [0.1, 0.15) is 11.4 Å². The van der Waals surface area contributed by atoms with Crippen LogP contribution in [-0.4, -0.2) is 54.3 Å². The molecular weight excluding hydrogens is 418 g/mol. The highest BCUT2D eigenvalue weighted by Gasteiger charge is 2.35. The third-order valence-electron chi connectivity index (χ3n) is 4.09. The Morgan fingerprint density at radius 1 is 1.14 bits per heavy atom. The molecule has 2 aromatic rings. The number of ether oxygens (including phenoxy) is 1. The van der Waals surface area contributed by atoms with Gasteiger partial charge in [-0.15, -0.1) is 0 Å². The molecule has 1 saturated heterocycles. The van der Waals surface area contributed by atoms with E-state index in [1.165, 1.54) is 6.07 Å². The fourth-order valence-electron chi connectivity index (χ4n) is 2.64. The van der Waals surface area contributed by atoms with Crippen LogP contribution in [0.25, 0.3) is 0 Å². The zero-order valence-corrected chi connectivity index (χ0v) is 16.2. The highest BCUT2D eigenvalue weighted by molar-refractivity contribution is 6.42. The summed E-state index contributed by atoms with van der Waals surface area (Å²) in [5, 5.41) is 6.28. The molecule has 1 aliphatic heterocycles. The average molecular weight is 436 g/mol. The molecule has 6 nitrogen and oxygen atoms in total. The number of hydrogen-bond acceptors (Lipinski definition) is 6. The van der Waals surface area contributed by atoms with E-state index < -0.39 is 11.7 Å². The van der Waals surface area contributed by atoms with Gasteiger partial charge in [-0.1, -0.05) is 23.2 Å². The highest BCUT2D eigenvalue weighted by atomic mass is 35.5. The summed E-state index contributed by atoms with van der Waals surface area (Å²) in [5.41, 5.74) is -0.414. The molecule has 3 rings (SSSR count). The summed E-state index contributed by atoms with van der Waals surface area (Å²) in [6, 6.07) is 4.73. The minimum absolute atomic E-state index is 0.0141. The zero-order chi connectivity index (χ0) is 20.1. The predicted octanol–water partition coefficient (Wildman–Crippen LogP) is 4.29. The number of anilines is 3. The summed E-state index contributed by atoms with van der Waals surface area (Å²) in [6.45, 7) is 3.65. The van der Waals surface area contributed by atoms with Gasteiger partial charge in [-0.25, -0.2) is 4.98 Å². The number of alkyl halides is 3. The molecule has 0 aliphatic carbocycles. The van der Waals surface area contributed by atoms with E-state index in [1.807, 2.05) is 0 Å². The van der Waals surface area contributed by atoms with Crippen molar-refractivity contribution in [1.82, 2.24) is 14.9 Å². The van der Waals surface area contributed by atoms with E-state index in [0.717, 1.165) is 19.3 Å². The number of hydrogen-bond donors (Lipinski definition) is 2. The lowest BCUT2D eigenvalue weighted by Crippen LogP contribution is -2.39. The molecule has 1 aromatic carbocycles. The van der Waals surface area contributed by atoms with Crippen LogP contribution in [0.3, 0.4) is 0 Å². The van der Waals surface area contributed by atoms with Crippen LogP contribution in [0, 0.1) is 0 Å². The first-order valence-electron chi connectivity index (χ1n) is 8.53. The van der Waals surface area contributed by atoms with Gasteiger partial charge in [0, 0.05) is 38.1 Å². The molecule has 0 spiro atoms. The van der Waals surface area contributed by atoms with Gasteiger partial charge in [-0.2, -0.15) is 18.2 Å². The molecule has 1 aromatic heterocycles. The first kappa shape index (κ1) is 20.9. The van der Waals surface area contributed by atoms with Crippen molar-refractivity contribution < 1.29 is 17.9 Å². The largest absolute Gasteiger partial charge is 0.421 e. The van der Waals surface area contributed by atoms with Crippen LogP contribution in [0.2, 0.25) is 10.0 Å². The quantitative estimate of drug-likeness (QED) is 0.705. The number of benzene rings is 1. The van der Waals surface area contributed by atoms with Crippen molar-refractivity contribution in [3.8, 4) is 0 Å². The maximum absolute atomic E-state index is 13.3. The van der Waals surface area contributed by atoms with Gasteiger partial charge >= 0.3 is 6.18 Å². The van der Waals surface area contributed by atoms with Crippen molar-refractivity contribution in [3.63, 3.8) is 0 Å². The minimum Gasteiger partial charge on any atom is -0.379 e. The standard InChI is InChI=1S/C17H18Cl2F3N5O/c18-13-2-1-11(9-14(13)19)25-16-24-10-12(17(20,21)22)15(26-16)23-3-4-27-5-7-28-8-6-27/h1-2,9-10H,3-8H2,(H2,23,24,25,26). The lowest BCUT2D eigenvalue weighted by Gasteiger charge is -2.26. The van der Waals surface area contributed by atoms with Crippen LogP contribution in [-0.2, 0) is 10.9 Å². The van der Waals surface area contributed by atoms with Gasteiger partial charge in [0.2, 0.25) is 5.95 Å². The lowest BCUT2D eigenvalue weighted by atomic mass is 10.3. The molecule has 28 heavy (non-hydrogen) atoms. The Hall–Kier alpha value is -1.81. The van der Waals surface area contributed by atoms with Crippen LogP contribution in [0.4, 0.5) is 30.6 Å². The van der Waals surface area contributed by atoms with E-state index in [-0.39, 0.29) is 11.8 Å². The summed E-state index contributed by atoms with van der Waals surface area (Å²) in [6.07, 6.45) is -3.81. The Balaban J connectivity index is 1.73. The fourth-order valence-corrected chi connectivity index (χ4v) is 2.94. The van der Waals surface area contributed by atoms with Gasteiger partial charge < -0.3 is 15.4 Å². The Bertz CT molecular complexity index is 816. The third-order valence-corrected chi connectivity index (χ3v) is 4.83. The first-order valence-corrected chi connectivity index (χ1v) is 9.29. The topological polar surface area (TPSA) is 62.3 Å². The Morgan fingerprint density at radius 3 is 2.57 bits per heavy atom. The van der Waals surface area contributed by atoms with Gasteiger partial charge in [-0.05, 0) is 18.2 Å². The summed E-state index contributed by atoms with van der Waals surface area (Å²) in [7, 11) is 0. The first-order chi connectivity index (χ1) is 13.3. The van der Waals surface area contributed by atoms with Crippen molar-refractivity contribution in [3.05, 3.63) is 40.0 Å². The highest BCUT2D eigenvalue weighted by Crippen LogP contribution is 2.34. The summed E-state index contributed by atoms with van der Waals surface area (Å²) in [4.78, 5) is 9.87. The Morgan fingerprint density at radius 2 is 1.89 bits per heavy atom. The SMILES string of the molecule is FC(F)(F)c1cnc(Nc2ccc(Cl)c(Cl)c2)nc1NCCN1CCOCC1. The summed E-state index contributed by atoms with van der Waals surface area (Å²) < 4.78 is 45.1. The molecule has 1 fully saturated rings. The minimum atomic E-state index is -4.57. The average Bonchev–Trinajstić information content (AvgIpc) is 2.65.